The third-order valence-corrected chi connectivity index (χ3v) is 2.79. The molecule has 0 aliphatic rings. The summed E-state index contributed by atoms with van der Waals surface area (Å²) >= 11 is 0. The Kier molecular flexibility index (Phi) is 4.34. The van der Waals surface area contributed by atoms with Crippen molar-refractivity contribution in [2.75, 3.05) is 17.2 Å². The van der Waals surface area contributed by atoms with E-state index in [1.807, 2.05) is 20.8 Å². The van der Waals surface area contributed by atoms with Crippen LogP contribution >= 0.6 is 0 Å². The molecule has 0 bridgehead atoms. The number of aromatic nitrogens is 3. The third kappa shape index (κ3) is 3.34. The highest BCUT2D eigenvalue weighted by atomic mass is 16.1. The van der Waals surface area contributed by atoms with Crippen LogP contribution in [0.2, 0.25) is 0 Å². The molecule has 0 fully saturated rings. The van der Waals surface area contributed by atoms with Gasteiger partial charge >= 0.3 is 0 Å². The average Bonchev–Trinajstić information content (AvgIpc) is 2.86. The van der Waals surface area contributed by atoms with Crippen molar-refractivity contribution in [1.29, 1.82) is 0 Å². The molecule has 6 nitrogen and oxygen atoms in total. The monoisotopic (exact) mass is 273 g/mol. The molecule has 0 aliphatic heterocycles. The molecule has 1 amide bonds. The van der Waals surface area contributed by atoms with Crippen molar-refractivity contribution in [3.05, 3.63) is 35.8 Å². The first-order chi connectivity index (χ1) is 9.62. The zero-order valence-electron chi connectivity index (χ0n) is 12.0. The zero-order chi connectivity index (χ0) is 14.5. The molecule has 0 radical (unpaired) electrons. The van der Waals surface area contributed by atoms with Crippen LogP contribution in [0.5, 0.6) is 0 Å². The summed E-state index contributed by atoms with van der Waals surface area (Å²) in [5, 5.41) is 10.1. The van der Waals surface area contributed by atoms with E-state index in [2.05, 4.69) is 20.7 Å². The van der Waals surface area contributed by atoms with E-state index in [-0.39, 0.29) is 5.91 Å². The lowest BCUT2D eigenvalue weighted by Crippen LogP contribution is -2.13. The number of pyridine rings is 1. The van der Waals surface area contributed by atoms with Gasteiger partial charge in [-0.05, 0) is 32.9 Å². The van der Waals surface area contributed by atoms with Gasteiger partial charge in [-0.2, -0.15) is 5.10 Å². The highest BCUT2D eigenvalue weighted by Crippen LogP contribution is 2.13. The maximum atomic E-state index is 12.2. The molecule has 0 aliphatic carbocycles. The first-order valence-electron chi connectivity index (χ1n) is 6.68. The molecule has 6 heteroatoms. The summed E-state index contributed by atoms with van der Waals surface area (Å²) in [6.07, 6.45) is 3.44. The molecule has 2 heterocycles. The molecule has 106 valence electrons. The van der Waals surface area contributed by atoms with Crippen molar-refractivity contribution < 1.29 is 4.79 Å². The van der Waals surface area contributed by atoms with Gasteiger partial charge in [-0.1, -0.05) is 0 Å². The van der Waals surface area contributed by atoms with Gasteiger partial charge in [0.15, 0.2) is 0 Å². The molecule has 2 rings (SSSR count). The van der Waals surface area contributed by atoms with E-state index in [1.54, 1.807) is 29.2 Å². The number of amides is 1. The molecule has 2 aromatic rings. The second kappa shape index (κ2) is 6.18. The molecule has 0 unspecified atom stereocenters. The molecule has 2 aromatic heterocycles. The number of hydrogen-bond acceptors (Lipinski definition) is 4. The number of anilines is 2. The van der Waals surface area contributed by atoms with Gasteiger partial charge < -0.3 is 10.6 Å². The Morgan fingerprint density at radius 3 is 2.80 bits per heavy atom. The van der Waals surface area contributed by atoms with Gasteiger partial charge in [-0.25, -0.2) is 4.98 Å². The highest BCUT2D eigenvalue weighted by molar-refractivity contribution is 6.04. The van der Waals surface area contributed by atoms with E-state index in [0.717, 1.165) is 18.8 Å². The van der Waals surface area contributed by atoms with Gasteiger partial charge in [-0.3, -0.25) is 9.48 Å². The van der Waals surface area contributed by atoms with Crippen LogP contribution in [0.4, 0.5) is 11.5 Å². The fraction of sp³-hybridized carbons (Fsp3) is 0.357. The number of carbonyl (C=O) groups excluding carboxylic acids is 1. The lowest BCUT2D eigenvalue weighted by molar-refractivity contribution is 0.102. The number of aryl methyl sites for hydroxylation is 2. The number of nitrogens with one attached hydrogen (secondary N) is 2. The molecule has 2 N–H and O–H groups in total. The maximum absolute atomic E-state index is 12.2. The fourth-order valence-corrected chi connectivity index (χ4v) is 1.88. The molecule has 0 spiro atoms. The van der Waals surface area contributed by atoms with E-state index in [0.29, 0.717) is 17.1 Å². The van der Waals surface area contributed by atoms with Crippen molar-refractivity contribution in [2.24, 2.45) is 0 Å². The SMILES string of the molecule is CCNc1cc(C(=O)Nc2cnn(CC)c2)cc(C)n1. The standard InChI is InChI=1S/C14H19N5O/c1-4-15-13-7-11(6-10(3)17-13)14(20)18-12-8-16-19(5-2)9-12/h6-9H,4-5H2,1-3H3,(H,15,17)(H,18,20). The molecule has 0 saturated carbocycles. The van der Waals surface area contributed by atoms with Crippen molar-refractivity contribution in [2.45, 2.75) is 27.3 Å². The Bertz CT molecular complexity index is 605. The third-order valence-electron chi connectivity index (χ3n) is 2.79. The Hall–Kier alpha value is -2.37. The Labute approximate surface area is 118 Å². The Morgan fingerprint density at radius 2 is 2.15 bits per heavy atom. The summed E-state index contributed by atoms with van der Waals surface area (Å²) in [6.45, 7) is 7.39. The zero-order valence-corrected chi connectivity index (χ0v) is 12.0. The van der Waals surface area contributed by atoms with Crippen molar-refractivity contribution in [1.82, 2.24) is 14.8 Å². The quantitative estimate of drug-likeness (QED) is 0.876. The van der Waals surface area contributed by atoms with Crippen molar-refractivity contribution in [3.63, 3.8) is 0 Å². The van der Waals surface area contributed by atoms with Gasteiger partial charge in [0, 0.05) is 30.5 Å². The number of nitrogens with zero attached hydrogens (tertiary/aromatic N) is 3. The van der Waals surface area contributed by atoms with E-state index < -0.39 is 0 Å². The number of rotatable bonds is 5. The van der Waals surface area contributed by atoms with Crippen LogP contribution in [0.15, 0.2) is 24.5 Å². The smallest absolute Gasteiger partial charge is 0.255 e. The molecule has 0 saturated heterocycles. The predicted molar refractivity (Wildman–Crippen MR) is 79.0 cm³/mol. The van der Waals surface area contributed by atoms with E-state index in [9.17, 15) is 4.79 Å². The molecule has 20 heavy (non-hydrogen) atoms. The van der Waals surface area contributed by atoms with E-state index in [1.165, 1.54) is 0 Å². The largest absolute Gasteiger partial charge is 0.370 e. The van der Waals surface area contributed by atoms with E-state index >= 15 is 0 Å². The average molecular weight is 273 g/mol. The normalized spacial score (nSPS) is 10.3. The first kappa shape index (κ1) is 14.0. The number of hydrogen-bond donors (Lipinski definition) is 2. The summed E-state index contributed by atoms with van der Waals surface area (Å²) in [5.41, 5.74) is 2.08. The molecular weight excluding hydrogens is 254 g/mol. The summed E-state index contributed by atoms with van der Waals surface area (Å²) < 4.78 is 1.76. The molecule has 0 aromatic carbocycles. The summed E-state index contributed by atoms with van der Waals surface area (Å²) in [6, 6.07) is 3.51. The van der Waals surface area contributed by atoms with Crippen LogP contribution in [0, 0.1) is 6.92 Å². The van der Waals surface area contributed by atoms with Gasteiger partial charge in [-0.15, -0.1) is 0 Å². The highest BCUT2D eigenvalue weighted by Gasteiger charge is 2.10. The van der Waals surface area contributed by atoms with Crippen LogP contribution in [-0.4, -0.2) is 27.2 Å². The van der Waals surface area contributed by atoms with Gasteiger partial charge in [0.2, 0.25) is 0 Å². The Balaban J connectivity index is 2.15. The van der Waals surface area contributed by atoms with Gasteiger partial charge in [0.05, 0.1) is 11.9 Å². The van der Waals surface area contributed by atoms with E-state index in [4.69, 9.17) is 0 Å². The topological polar surface area (TPSA) is 71.8 Å². The van der Waals surface area contributed by atoms with Crippen LogP contribution < -0.4 is 10.6 Å². The number of carbonyl (C=O) groups is 1. The lowest BCUT2D eigenvalue weighted by Gasteiger charge is -2.07. The minimum absolute atomic E-state index is 0.162. The lowest BCUT2D eigenvalue weighted by atomic mass is 10.2. The minimum atomic E-state index is -0.162. The van der Waals surface area contributed by atoms with Gasteiger partial charge in [0.1, 0.15) is 5.82 Å². The fourth-order valence-electron chi connectivity index (χ4n) is 1.88. The maximum Gasteiger partial charge on any atom is 0.255 e. The van der Waals surface area contributed by atoms with Crippen LogP contribution in [-0.2, 0) is 6.54 Å². The summed E-state index contributed by atoms with van der Waals surface area (Å²) in [5.74, 6) is 0.548. The minimum Gasteiger partial charge on any atom is -0.370 e. The van der Waals surface area contributed by atoms with Crippen molar-refractivity contribution >= 4 is 17.4 Å². The second-order valence-electron chi connectivity index (χ2n) is 4.45. The Morgan fingerprint density at radius 1 is 1.35 bits per heavy atom. The summed E-state index contributed by atoms with van der Waals surface area (Å²) in [7, 11) is 0. The predicted octanol–water partition coefficient (Wildman–Crippen LogP) is 2.29. The van der Waals surface area contributed by atoms with Gasteiger partial charge in [0.25, 0.3) is 5.91 Å². The molecule has 0 atom stereocenters. The van der Waals surface area contributed by atoms with Crippen LogP contribution in [0.3, 0.4) is 0 Å². The second-order valence-corrected chi connectivity index (χ2v) is 4.45. The van der Waals surface area contributed by atoms with Crippen LogP contribution in [0.25, 0.3) is 0 Å². The first-order valence-corrected chi connectivity index (χ1v) is 6.68. The molecular formula is C14H19N5O. The van der Waals surface area contributed by atoms with Crippen molar-refractivity contribution in [3.8, 4) is 0 Å². The summed E-state index contributed by atoms with van der Waals surface area (Å²) in [4.78, 5) is 16.5. The van der Waals surface area contributed by atoms with Crippen LogP contribution in [0.1, 0.15) is 29.9 Å².